The van der Waals surface area contributed by atoms with Crippen molar-refractivity contribution in [3.63, 3.8) is 0 Å². The number of hydrogen-bond acceptors (Lipinski definition) is 10. The third-order valence-corrected chi connectivity index (χ3v) is 19.0. The zero-order valence-corrected chi connectivity index (χ0v) is 39.0. The zero-order chi connectivity index (χ0) is 43.8. The van der Waals surface area contributed by atoms with Gasteiger partial charge in [0.05, 0.1) is 11.5 Å². The van der Waals surface area contributed by atoms with E-state index in [0.29, 0.717) is 60.8 Å². The average Bonchev–Trinajstić information content (AvgIpc) is 3.95. The van der Waals surface area contributed by atoms with Gasteiger partial charge in [-0.15, -0.1) is 23.5 Å². The smallest absolute Gasteiger partial charge is 0.308 e. The monoisotopic (exact) mass is 902 g/mol. The Balaban J connectivity index is 0.000000160. The van der Waals surface area contributed by atoms with Crippen molar-refractivity contribution in [3.8, 4) is 0 Å². The van der Waals surface area contributed by atoms with Gasteiger partial charge in [-0.3, -0.25) is 19.2 Å². The third-order valence-electron chi connectivity index (χ3n) is 16.3. The van der Waals surface area contributed by atoms with E-state index in [1.807, 2.05) is 35.3 Å². The van der Waals surface area contributed by atoms with Gasteiger partial charge in [-0.1, -0.05) is 19.9 Å². The minimum Gasteiger partial charge on any atom is -0.481 e. The number of nitrogens with zero attached hydrogens (tertiary/aromatic N) is 3. The molecule has 8 saturated carbocycles. The molecule has 12 nitrogen and oxygen atoms in total. The molecular formula is C49H70N6O6S2. The van der Waals surface area contributed by atoms with Crippen LogP contribution in [0.25, 0.3) is 0 Å². The van der Waals surface area contributed by atoms with E-state index in [9.17, 15) is 24.3 Å². The highest BCUT2D eigenvalue weighted by molar-refractivity contribution is 8.01. The lowest BCUT2D eigenvalue weighted by molar-refractivity contribution is -0.141. The SMILES string of the molecule is CCCSC1(C(=O)NC2C3CC4CC(C3)CC2C4)C=CC=C(N2CC[C@H](CC(=O)O)C2)N1.CCCSc1nc(N2CC[C@@H](C(=O)O)C2)ccc1C(=O)NC1C2CC3CC(C2)CC1C3. The molecule has 0 aromatic carbocycles. The number of aliphatic carboxylic acids is 2. The number of likely N-dealkylation sites (tertiary alicyclic amines) is 1. The number of pyridine rings is 1. The highest BCUT2D eigenvalue weighted by Gasteiger charge is 2.51. The molecule has 344 valence electrons. The normalized spacial score (nSPS) is 36.7. The number of carboxylic acids is 2. The van der Waals surface area contributed by atoms with Crippen molar-refractivity contribution in [2.24, 2.45) is 59.2 Å². The van der Waals surface area contributed by atoms with Crippen molar-refractivity contribution in [1.29, 1.82) is 0 Å². The zero-order valence-electron chi connectivity index (χ0n) is 37.3. The Hall–Kier alpha value is -3.39. The van der Waals surface area contributed by atoms with Crippen molar-refractivity contribution < 1.29 is 29.4 Å². The highest BCUT2D eigenvalue weighted by Crippen LogP contribution is 2.55. The number of hydrogen-bond donors (Lipinski definition) is 5. The molecule has 0 spiro atoms. The van der Waals surface area contributed by atoms with Gasteiger partial charge in [0.25, 0.3) is 11.8 Å². The van der Waals surface area contributed by atoms with E-state index >= 15 is 0 Å². The molecule has 8 bridgehead atoms. The summed E-state index contributed by atoms with van der Waals surface area (Å²) in [5, 5.41) is 29.8. The van der Waals surface area contributed by atoms with E-state index in [1.165, 1.54) is 64.2 Å². The number of aromatic nitrogens is 1. The molecule has 14 heteroatoms. The van der Waals surface area contributed by atoms with Crippen molar-refractivity contribution in [2.45, 2.75) is 132 Å². The number of anilines is 1. The number of rotatable bonds is 15. The lowest BCUT2D eigenvalue weighted by Crippen LogP contribution is -2.62. The van der Waals surface area contributed by atoms with E-state index in [1.54, 1.807) is 23.5 Å². The second kappa shape index (κ2) is 19.2. The summed E-state index contributed by atoms with van der Waals surface area (Å²) in [6.07, 6.45) is 23.0. The molecule has 8 aliphatic carbocycles. The molecule has 1 aromatic heterocycles. The molecule has 3 atom stereocenters. The van der Waals surface area contributed by atoms with Gasteiger partial charge in [0.15, 0.2) is 4.87 Å². The Morgan fingerprint density at radius 1 is 0.778 bits per heavy atom. The maximum Gasteiger partial charge on any atom is 0.308 e. The van der Waals surface area contributed by atoms with Crippen LogP contribution in [0.15, 0.2) is 41.2 Å². The predicted octanol–water partition coefficient (Wildman–Crippen LogP) is 7.61. The number of carboxylic acid groups (broad SMARTS) is 2. The summed E-state index contributed by atoms with van der Waals surface area (Å²) in [5.41, 5.74) is 0.671. The Bertz CT molecular complexity index is 1890. The quantitative estimate of drug-likeness (QED) is 0.110. The van der Waals surface area contributed by atoms with Gasteiger partial charge in [-0.05, 0) is 179 Å². The second-order valence-corrected chi connectivity index (χ2v) is 23.2. The molecular weight excluding hydrogens is 833 g/mol. The van der Waals surface area contributed by atoms with Gasteiger partial charge in [-0.2, -0.15) is 0 Å². The van der Waals surface area contributed by atoms with Crippen LogP contribution in [-0.4, -0.2) is 98.5 Å². The number of amides is 2. The first-order valence-electron chi connectivity index (χ1n) is 24.5. The molecule has 4 heterocycles. The van der Waals surface area contributed by atoms with Gasteiger partial charge in [0, 0.05) is 44.7 Å². The number of carbonyl (C=O) groups excluding carboxylic acids is 2. The summed E-state index contributed by atoms with van der Waals surface area (Å²) in [4.78, 5) is 57.9. The van der Waals surface area contributed by atoms with Crippen molar-refractivity contribution in [3.05, 3.63) is 41.7 Å². The van der Waals surface area contributed by atoms with E-state index in [-0.39, 0.29) is 30.1 Å². The average molecular weight is 903 g/mol. The Morgan fingerprint density at radius 2 is 1.38 bits per heavy atom. The summed E-state index contributed by atoms with van der Waals surface area (Å²) in [5.74, 6) is 8.19. The van der Waals surface area contributed by atoms with Gasteiger partial charge in [0.1, 0.15) is 16.7 Å². The Labute approximate surface area is 382 Å². The topological polar surface area (TPSA) is 164 Å². The predicted molar refractivity (Wildman–Crippen MR) is 248 cm³/mol. The van der Waals surface area contributed by atoms with Crippen LogP contribution in [0.3, 0.4) is 0 Å². The summed E-state index contributed by atoms with van der Waals surface area (Å²) in [6.45, 7) is 7.02. The molecule has 2 saturated heterocycles. The fourth-order valence-corrected chi connectivity index (χ4v) is 15.8. The molecule has 10 fully saturated rings. The minimum absolute atomic E-state index is 0.0139. The molecule has 1 unspecified atom stereocenters. The van der Waals surface area contributed by atoms with Crippen molar-refractivity contribution in [2.75, 3.05) is 42.6 Å². The van der Waals surface area contributed by atoms with Crippen LogP contribution >= 0.6 is 23.5 Å². The molecule has 5 N–H and O–H groups in total. The van der Waals surface area contributed by atoms with Gasteiger partial charge in [0.2, 0.25) is 0 Å². The maximum absolute atomic E-state index is 13.8. The fraction of sp³-hybridized carbons (Fsp3) is 0.735. The molecule has 11 aliphatic rings. The van der Waals surface area contributed by atoms with Crippen molar-refractivity contribution in [1.82, 2.24) is 25.8 Å². The lowest BCUT2D eigenvalue weighted by Gasteiger charge is -2.55. The van der Waals surface area contributed by atoms with Gasteiger partial charge >= 0.3 is 11.9 Å². The molecule has 63 heavy (non-hydrogen) atoms. The first-order valence-corrected chi connectivity index (χ1v) is 26.5. The fourth-order valence-electron chi connectivity index (χ4n) is 13.8. The van der Waals surface area contributed by atoms with Crippen molar-refractivity contribution >= 4 is 53.1 Å². The number of dihydropyridines is 1. The van der Waals surface area contributed by atoms with Crippen LogP contribution in [0.1, 0.15) is 121 Å². The molecule has 1 aromatic rings. The van der Waals surface area contributed by atoms with Crippen LogP contribution in [0.5, 0.6) is 0 Å². The molecule has 2 amide bonds. The van der Waals surface area contributed by atoms with Crippen LogP contribution in [0.4, 0.5) is 5.82 Å². The number of allylic oxidation sites excluding steroid dienone is 2. The first kappa shape index (κ1) is 44.8. The van der Waals surface area contributed by atoms with Crippen LogP contribution < -0.4 is 20.9 Å². The summed E-state index contributed by atoms with van der Waals surface area (Å²) in [7, 11) is 0. The van der Waals surface area contributed by atoms with Gasteiger partial charge < -0.3 is 36.0 Å². The number of nitrogens with one attached hydrogen (secondary N) is 3. The van der Waals surface area contributed by atoms with E-state index in [0.717, 1.165) is 84.2 Å². The van der Waals surface area contributed by atoms with Crippen LogP contribution in [0, 0.1) is 59.2 Å². The molecule has 3 aliphatic heterocycles. The van der Waals surface area contributed by atoms with Crippen LogP contribution in [-0.2, 0) is 14.4 Å². The lowest BCUT2D eigenvalue weighted by atomic mass is 9.54. The number of thioether (sulfide) groups is 2. The number of carbonyl (C=O) groups is 4. The molecule has 12 rings (SSSR count). The highest BCUT2D eigenvalue weighted by atomic mass is 32.2. The maximum atomic E-state index is 13.8. The summed E-state index contributed by atoms with van der Waals surface area (Å²) >= 11 is 3.31. The summed E-state index contributed by atoms with van der Waals surface area (Å²) in [6, 6.07) is 4.44. The first-order chi connectivity index (χ1) is 30.5. The minimum atomic E-state index is -0.792. The van der Waals surface area contributed by atoms with E-state index in [4.69, 9.17) is 10.1 Å². The third kappa shape index (κ3) is 9.78. The van der Waals surface area contributed by atoms with Gasteiger partial charge in [-0.25, -0.2) is 4.98 Å². The second-order valence-electron chi connectivity index (χ2n) is 20.8. The standard InChI is InChI=1S/C25H37N3O3S.C24H33N3O3S/c1-2-8-32-25(6-3-4-21(27-25)28-7-5-16(15-28)14-22(29)30)24(31)26-23-19-10-17-9-18(12-19)13-20(23)11-17;1-2-7-31-23-19(3-4-20(25-23)27-6-5-16(13-27)24(29)30)22(28)26-21-17-9-14-8-15(11-17)12-18(21)10-14/h3-4,6,16-20,23,27H,2,5,7-15H2,1H3,(H,26,31)(H,29,30);3-4,14-18,21H,2,5-13H2,1H3,(H,26,28)(H,29,30)/t16-,17?,18?,19?,20?,23?,25?;14?,15?,16-,17?,18?,21?/m11/s1. The Kier molecular flexibility index (Phi) is 13.7. The van der Waals surface area contributed by atoms with Crippen LogP contribution in [0.2, 0.25) is 0 Å². The van der Waals surface area contributed by atoms with E-state index < -0.39 is 16.8 Å². The molecule has 0 radical (unpaired) electrons. The Morgan fingerprint density at radius 3 is 1.95 bits per heavy atom. The largest absolute Gasteiger partial charge is 0.481 e. The summed E-state index contributed by atoms with van der Waals surface area (Å²) < 4.78 is 0. The van der Waals surface area contributed by atoms with E-state index in [2.05, 4.69) is 34.7 Å².